The van der Waals surface area contributed by atoms with E-state index in [4.69, 9.17) is 17.3 Å². The summed E-state index contributed by atoms with van der Waals surface area (Å²) >= 11 is 9.30. The summed E-state index contributed by atoms with van der Waals surface area (Å²) in [5.74, 6) is 0.0866. The molecule has 16 heavy (non-hydrogen) atoms. The average molecular weight is 304 g/mol. The number of rotatable bonds is 1. The molecule has 0 aromatic heterocycles. The number of amides is 1. The fraction of sp³-hybridized carbons (Fsp3) is 0.364. The van der Waals surface area contributed by atoms with Gasteiger partial charge in [0.1, 0.15) is 0 Å². The number of benzene rings is 1. The van der Waals surface area contributed by atoms with Crippen molar-refractivity contribution < 1.29 is 4.79 Å². The zero-order chi connectivity index (χ0) is 11.9. The molecule has 1 fully saturated rings. The van der Waals surface area contributed by atoms with E-state index in [1.54, 1.807) is 11.9 Å². The highest BCUT2D eigenvalue weighted by Crippen LogP contribution is 2.33. The highest BCUT2D eigenvalue weighted by Gasteiger charge is 2.36. The van der Waals surface area contributed by atoms with Crippen molar-refractivity contribution in [3.63, 3.8) is 0 Å². The topological polar surface area (TPSA) is 46.3 Å². The molecule has 86 valence electrons. The molecule has 1 aliphatic heterocycles. The minimum atomic E-state index is -0.148. The lowest BCUT2D eigenvalue weighted by Crippen LogP contribution is -2.30. The van der Waals surface area contributed by atoms with Gasteiger partial charge in [-0.2, -0.15) is 0 Å². The molecule has 1 aliphatic rings. The van der Waals surface area contributed by atoms with Crippen LogP contribution in [0.2, 0.25) is 5.02 Å². The first kappa shape index (κ1) is 11.9. The second-order valence-corrected chi connectivity index (χ2v) is 5.25. The van der Waals surface area contributed by atoms with Gasteiger partial charge in [-0.1, -0.05) is 17.7 Å². The van der Waals surface area contributed by atoms with E-state index >= 15 is 0 Å². The first-order valence-electron chi connectivity index (χ1n) is 4.97. The maximum Gasteiger partial charge on any atom is 0.224 e. The van der Waals surface area contributed by atoms with Gasteiger partial charge in [0.2, 0.25) is 5.91 Å². The number of likely N-dealkylation sites (tertiary alicyclic amines) is 1. The van der Waals surface area contributed by atoms with Crippen LogP contribution in [-0.4, -0.2) is 23.9 Å². The molecular formula is C11H12BrClN2O. The van der Waals surface area contributed by atoms with Crippen LogP contribution >= 0.6 is 27.5 Å². The van der Waals surface area contributed by atoms with Crippen LogP contribution in [0, 0.1) is 0 Å². The summed E-state index contributed by atoms with van der Waals surface area (Å²) in [7, 11) is 1.78. The fourth-order valence-electron chi connectivity index (χ4n) is 2.07. The molecule has 2 N–H and O–H groups in total. The highest BCUT2D eigenvalue weighted by atomic mass is 79.9. The number of halogens is 2. The van der Waals surface area contributed by atoms with E-state index in [1.165, 1.54) is 0 Å². The lowest BCUT2D eigenvalue weighted by atomic mass is 10.0. The SMILES string of the molecule is CN1C(=O)CC(N)C1c1ccc(Cl)c(Br)c1. The molecule has 2 unspecified atom stereocenters. The van der Waals surface area contributed by atoms with Crippen molar-refractivity contribution in [1.82, 2.24) is 4.90 Å². The van der Waals surface area contributed by atoms with Gasteiger partial charge in [0.15, 0.2) is 0 Å². The number of nitrogens with zero attached hydrogens (tertiary/aromatic N) is 1. The van der Waals surface area contributed by atoms with E-state index in [1.807, 2.05) is 18.2 Å². The minimum Gasteiger partial charge on any atom is -0.337 e. The molecule has 0 saturated carbocycles. The summed E-state index contributed by atoms with van der Waals surface area (Å²) in [5.41, 5.74) is 6.98. The number of hydrogen-bond acceptors (Lipinski definition) is 2. The van der Waals surface area contributed by atoms with Crippen LogP contribution < -0.4 is 5.73 Å². The van der Waals surface area contributed by atoms with E-state index < -0.39 is 0 Å². The molecular weight excluding hydrogens is 291 g/mol. The zero-order valence-corrected chi connectivity index (χ0v) is 11.1. The Bertz CT molecular complexity index is 438. The Morgan fingerprint density at radius 1 is 1.56 bits per heavy atom. The zero-order valence-electron chi connectivity index (χ0n) is 8.78. The van der Waals surface area contributed by atoms with Crippen LogP contribution in [0.15, 0.2) is 22.7 Å². The largest absolute Gasteiger partial charge is 0.337 e. The third-order valence-corrected chi connectivity index (χ3v) is 4.13. The normalized spacial score (nSPS) is 25.2. The molecule has 1 heterocycles. The molecule has 0 radical (unpaired) electrons. The van der Waals surface area contributed by atoms with Crippen molar-refractivity contribution in [1.29, 1.82) is 0 Å². The van der Waals surface area contributed by atoms with Crippen molar-refractivity contribution in [3.8, 4) is 0 Å². The van der Waals surface area contributed by atoms with Gasteiger partial charge in [-0.3, -0.25) is 4.79 Å². The van der Waals surface area contributed by atoms with Gasteiger partial charge in [0, 0.05) is 24.0 Å². The highest BCUT2D eigenvalue weighted by molar-refractivity contribution is 9.10. The molecule has 1 saturated heterocycles. The smallest absolute Gasteiger partial charge is 0.224 e. The van der Waals surface area contributed by atoms with Crippen molar-refractivity contribution in [2.75, 3.05) is 7.05 Å². The number of likely N-dealkylation sites (N-methyl/N-ethyl adjacent to an activating group) is 1. The van der Waals surface area contributed by atoms with Crippen molar-refractivity contribution >= 4 is 33.4 Å². The predicted molar refractivity (Wildman–Crippen MR) is 67.3 cm³/mol. The van der Waals surface area contributed by atoms with E-state index in [9.17, 15) is 4.79 Å². The predicted octanol–water partition coefficient (Wildman–Crippen LogP) is 2.33. The van der Waals surface area contributed by atoms with Crippen LogP contribution in [0.1, 0.15) is 18.0 Å². The fourth-order valence-corrected chi connectivity index (χ4v) is 2.58. The van der Waals surface area contributed by atoms with Crippen LogP contribution in [0.5, 0.6) is 0 Å². The molecule has 3 nitrogen and oxygen atoms in total. The first-order chi connectivity index (χ1) is 7.50. The standard InChI is InChI=1S/C11H12BrClN2O/c1-15-10(16)5-9(14)11(15)6-2-3-8(13)7(12)4-6/h2-4,9,11H,5,14H2,1H3. The quantitative estimate of drug-likeness (QED) is 0.865. The van der Waals surface area contributed by atoms with Crippen LogP contribution in [0.4, 0.5) is 0 Å². The Hall–Kier alpha value is -0.580. The summed E-state index contributed by atoms with van der Waals surface area (Å²) in [6, 6.07) is 5.44. The minimum absolute atomic E-state index is 0.0546. The maximum absolute atomic E-state index is 11.5. The van der Waals surface area contributed by atoms with Crippen LogP contribution in [-0.2, 0) is 4.79 Å². The lowest BCUT2D eigenvalue weighted by Gasteiger charge is -2.23. The van der Waals surface area contributed by atoms with Crippen molar-refractivity contribution in [3.05, 3.63) is 33.3 Å². The van der Waals surface area contributed by atoms with Gasteiger partial charge in [-0.05, 0) is 33.6 Å². The summed E-state index contributed by atoms with van der Waals surface area (Å²) < 4.78 is 0.826. The van der Waals surface area contributed by atoms with Crippen LogP contribution in [0.3, 0.4) is 0 Å². The summed E-state index contributed by atoms with van der Waals surface area (Å²) in [5, 5.41) is 0.657. The second-order valence-electron chi connectivity index (χ2n) is 3.99. The average Bonchev–Trinajstić information content (AvgIpc) is 2.47. The van der Waals surface area contributed by atoms with Crippen molar-refractivity contribution in [2.45, 2.75) is 18.5 Å². The molecule has 1 aromatic rings. The Kier molecular flexibility index (Phi) is 3.24. The molecule has 2 atom stereocenters. The van der Waals surface area contributed by atoms with Crippen molar-refractivity contribution in [2.24, 2.45) is 5.73 Å². The molecule has 2 rings (SSSR count). The third-order valence-electron chi connectivity index (χ3n) is 2.91. The van der Waals surface area contributed by atoms with E-state index in [-0.39, 0.29) is 18.0 Å². The van der Waals surface area contributed by atoms with E-state index in [0.717, 1.165) is 10.0 Å². The maximum atomic E-state index is 11.5. The van der Waals surface area contributed by atoms with Gasteiger partial charge < -0.3 is 10.6 Å². The van der Waals surface area contributed by atoms with Crippen LogP contribution in [0.25, 0.3) is 0 Å². The molecule has 0 aliphatic carbocycles. The molecule has 0 spiro atoms. The molecule has 1 aromatic carbocycles. The second kappa shape index (κ2) is 4.35. The van der Waals surface area contributed by atoms with Gasteiger partial charge >= 0.3 is 0 Å². The summed E-state index contributed by atoms with van der Waals surface area (Å²) in [4.78, 5) is 13.2. The summed E-state index contributed by atoms with van der Waals surface area (Å²) in [6.07, 6.45) is 0.404. The lowest BCUT2D eigenvalue weighted by molar-refractivity contribution is -0.127. The monoisotopic (exact) mass is 302 g/mol. The number of carbonyl (C=O) groups is 1. The third kappa shape index (κ3) is 1.97. The number of carbonyl (C=O) groups excluding carboxylic acids is 1. The Balaban J connectivity index is 2.37. The summed E-state index contributed by atoms with van der Waals surface area (Å²) in [6.45, 7) is 0. The Labute approximate surface area is 108 Å². The first-order valence-corrected chi connectivity index (χ1v) is 6.14. The van der Waals surface area contributed by atoms with Gasteiger partial charge in [-0.15, -0.1) is 0 Å². The van der Waals surface area contributed by atoms with E-state index in [0.29, 0.717) is 11.4 Å². The Morgan fingerprint density at radius 2 is 2.25 bits per heavy atom. The molecule has 5 heteroatoms. The number of nitrogens with two attached hydrogens (primary N) is 1. The van der Waals surface area contributed by atoms with Gasteiger partial charge in [-0.25, -0.2) is 0 Å². The molecule has 0 bridgehead atoms. The number of hydrogen-bond donors (Lipinski definition) is 1. The Morgan fingerprint density at radius 3 is 2.75 bits per heavy atom. The molecule has 1 amide bonds. The van der Waals surface area contributed by atoms with Gasteiger partial charge in [0.05, 0.1) is 11.1 Å². The van der Waals surface area contributed by atoms with E-state index in [2.05, 4.69) is 15.9 Å². The van der Waals surface area contributed by atoms with Gasteiger partial charge in [0.25, 0.3) is 0 Å².